The van der Waals surface area contributed by atoms with Crippen molar-refractivity contribution in [2.24, 2.45) is 0 Å². The Labute approximate surface area is 156 Å². The number of nitrogens with zero attached hydrogens (tertiary/aromatic N) is 2. The van der Waals surface area contributed by atoms with Crippen LogP contribution in [-0.2, 0) is 11.3 Å². The monoisotopic (exact) mass is 403 g/mol. The lowest BCUT2D eigenvalue weighted by molar-refractivity contribution is 0.129. The number of aryl methyl sites for hydroxylation is 1. The van der Waals surface area contributed by atoms with Crippen molar-refractivity contribution in [2.45, 2.75) is 32.4 Å². The Hall–Kier alpha value is -2.08. The summed E-state index contributed by atoms with van der Waals surface area (Å²) < 4.78 is 6.17. The van der Waals surface area contributed by atoms with Crippen LogP contribution in [0.2, 0.25) is 0 Å². The van der Waals surface area contributed by atoms with Gasteiger partial charge in [-0.2, -0.15) is 0 Å². The average molecular weight is 404 g/mol. The molecule has 25 heavy (non-hydrogen) atoms. The van der Waals surface area contributed by atoms with E-state index < -0.39 is 0 Å². The molecule has 0 saturated carbocycles. The molecule has 0 spiro atoms. The van der Waals surface area contributed by atoms with Crippen LogP contribution in [0.1, 0.15) is 24.5 Å². The molecule has 1 aliphatic rings. The number of halogens is 1. The highest BCUT2D eigenvalue weighted by Gasteiger charge is 2.36. The molecule has 0 radical (unpaired) electrons. The lowest BCUT2D eigenvalue weighted by atomic mass is 10.0. The lowest BCUT2D eigenvalue weighted by Gasteiger charge is -2.26. The van der Waals surface area contributed by atoms with Crippen LogP contribution in [0.5, 0.6) is 0 Å². The van der Waals surface area contributed by atoms with Crippen molar-refractivity contribution < 1.29 is 9.53 Å². The molecule has 6 heteroatoms. The van der Waals surface area contributed by atoms with Crippen LogP contribution in [0.4, 0.5) is 10.6 Å². The molecular formula is C19H22BrN3O2. The van der Waals surface area contributed by atoms with Crippen LogP contribution in [0.3, 0.4) is 0 Å². The number of ether oxygens (including phenoxy) is 1. The predicted octanol–water partition coefficient (Wildman–Crippen LogP) is 4.05. The molecule has 5 nitrogen and oxygen atoms in total. The van der Waals surface area contributed by atoms with E-state index in [9.17, 15) is 4.79 Å². The fraction of sp³-hybridized carbons (Fsp3) is 0.368. The number of amides is 1. The fourth-order valence-corrected chi connectivity index (χ4v) is 3.58. The summed E-state index contributed by atoms with van der Waals surface area (Å²) in [4.78, 5) is 18.9. The van der Waals surface area contributed by atoms with Gasteiger partial charge in [0.1, 0.15) is 17.0 Å². The number of carbonyl (C=O) groups excluding carboxylic acids is 1. The second-order valence-corrected chi connectivity index (χ2v) is 7.56. The maximum Gasteiger partial charge on any atom is 0.407 e. The Balaban J connectivity index is 1.56. The minimum absolute atomic E-state index is 0.277. The molecule has 2 aromatic rings. The van der Waals surface area contributed by atoms with E-state index in [4.69, 9.17) is 4.74 Å². The number of hydrogen-bond acceptors (Lipinski definition) is 4. The summed E-state index contributed by atoms with van der Waals surface area (Å²) in [7, 11) is 0. The molecule has 1 amide bonds. The van der Waals surface area contributed by atoms with Crippen molar-refractivity contribution in [1.82, 2.24) is 10.3 Å². The third-order valence-corrected chi connectivity index (χ3v) is 4.75. The van der Waals surface area contributed by atoms with E-state index in [0.29, 0.717) is 6.54 Å². The van der Waals surface area contributed by atoms with E-state index in [1.165, 1.54) is 0 Å². The molecule has 2 heterocycles. The van der Waals surface area contributed by atoms with E-state index in [2.05, 4.69) is 37.2 Å². The summed E-state index contributed by atoms with van der Waals surface area (Å²) in [6, 6.07) is 13.7. The van der Waals surface area contributed by atoms with Gasteiger partial charge < -0.3 is 15.0 Å². The van der Waals surface area contributed by atoms with Gasteiger partial charge in [0.25, 0.3) is 0 Å². The number of aromatic nitrogens is 1. The first-order chi connectivity index (χ1) is 11.9. The molecule has 132 valence electrons. The van der Waals surface area contributed by atoms with Gasteiger partial charge in [0.15, 0.2) is 0 Å². The third kappa shape index (κ3) is 4.72. The molecule has 0 aliphatic carbocycles. The van der Waals surface area contributed by atoms with E-state index in [1.54, 1.807) is 0 Å². The molecule has 1 N–H and O–H groups in total. The van der Waals surface area contributed by atoms with Gasteiger partial charge in [0.2, 0.25) is 0 Å². The number of rotatable bonds is 4. The Morgan fingerprint density at radius 2 is 2.12 bits per heavy atom. The largest absolute Gasteiger partial charge is 0.445 e. The van der Waals surface area contributed by atoms with Gasteiger partial charge in [-0.25, -0.2) is 9.78 Å². The summed E-state index contributed by atoms with van der Waals surface area (Å²) in [6.45, 7) is 5.92. The summed E-state index contributed by atoms with van der Waals surface area (Å²) in [5.74, 6) is 0.926. The van der Waals surface area contributed by atoms with Crippen molar-refractivity contribution >= 4 is 27.8 Å². The zero-order chi connectivity index (χ0) is 17.9. The zero-order valence-electron chi connectivity index (χ0n) is 14.5. The number of anilines is 1. The highest BCUT2D eigenvalue weighted by molar-refractivity contribution is 9.10. The van der Waals surface area contributed by atoms with Gasteiger partial charge in [0.05, 0.1) is 5.54 Å². The second-order valence-electron chi connectivity index (χ2n) is 6.74. The van der Waals surface area contributed by atoms with Crippen molar-refractivity contribution in [3.63, 3.8) is 0 Å². The first-order valence-corrected chi connectivity index (χ1v) is 9.11. The molecule has 1 aromatic heterocycles. The molecular weight excluding hydrogens is 382 g/mol. The number of hydrogen-bond donors (Lipinski definition) is 1. The first-order valence-electron chi connectivity index (χ1n) is 8.32. The van der Waals surface area contributed by atoms with Crippen LogP contribution < -0.4 is 10.2 Å². The maximum atomic E-state index is 12.2. The van der Waals surface area contributed by atoms with Crippen LogP contribution in [0.15, 0.2) is 47.1 Å². The second kappa shape index (κ2) is 7.44. The molecule has 1 unspecified atom stereocenters. The van der Waals surface area contributed by atoms with Crippen LogP contribution in [0, 0.1) is 6.92 Å². The summed E-state index contributed by atoms with van der Waals surface area (Å²) >= 11 is 3.44. The van der Waals surface area contributed by atoms with Crippen molar-refractivity contribution in [2.75, 3.05) is 18.0 Å². The standard InChI is InChI=1S/C19H22BrN3O2/c1-14-10-16(20)21-17(11-14)23-9-8-19(2,13-23)22-18(24)25-12-15-6-4-3-5-7-15/h3-7,10-11H,8-9,12-13H2,1-2H3,(H,22,24). The van der Waals surface area contributed by atoms with E-state index >= 15 is 0 Å². The molecule has 1 atom stereocenters. The maximum absolute atomic E-state index is 12.2. The SMILES string of the molecule is Cc1cc(Br)nc(N2CCC(C)(NC(=O)OCc3ccccc3)C2)c1. The quantitative estimate of drug-likeness (QED) is 0.782. The number of benzene rings is 1. The van der Waals surface area contributed by atoms with Gasteiger partial charge in [-0.1, -0.05) is 30.3 Å². The van der Waals surface area contributed by atoms with Gasteiger partial charge in [-0.05, 0) is 59.5 Å². The van der Waals surface area contributed by atoms with E-state index in [-0.39, 0.29) is 18.2 Å². The smallest absolute Gasteiger partial charge is 0.407 e. The molecule has 1 aromatic carbocycles. The summed E-state index contributed by atoms with van der Waals surface area (Å²) in [5, 5.41) is 3.01. The minimum Gasteiger partial charge on any atom is -0.445 e. The van der Waals surface area contributed by atoms with Crippen LogP contribution in [-0.4, -0.2) is 29.7 Å². The summed E-state index contributed by atoms with van der Waals surface area (Å²) in [5.41, 5.74) is 1.80. The van der Waals surface area contributed by atoms with Crippen LogP contribution >= 0.6 is 15.9 Å². The topological polar surface area (TPSA) is 54.5 Å². The van der Waals surface area contributed by atoms with Crippen molar-refractivity contribution in [3.8, 4) is 0 Å². The Morgan fingerprint density at radius 3 is 2.84 bits per heavy atom. The number of carbonyl (C=O) groups is 1. The highest BCUT2D eigenvalue weighted by Crippen LogP contribution is 2.27. The number of pyridine rings is 1. The van der Waals surface area contributed by atoms with Crippen molar-refractivity contribution in [1.29, 1.82) is 0 Å². The normalized spacial score (nSPS) is 19.7. The van der Waals surface area contributed by atoms with Gasteiger partial charge in [-0.15, -0.1) is 0 Å². The van der Waals surface area contributed by atoms with Gasteiger partial charge in [-0.3, -0.25) is 0 Å². The van der Waals surface area contributed by atoms with Crippen LogP contribution in [0.25, 0.3) is 0 Å². The van der Waals surface area contributed by atoms with E-state index in [0.717, 1.165) is 34.5 Å². The molecule has 1 saturated heterocycles. The number of nitrogens with one attached hydrogen (secondary N) is 1. The molecule has 0 bridgehead atoms. The predicted molar refractivity (Wildman–Crippen MR) is 102 cm³/mol. The van der Waals surface area contributed by atoms with Crippen molar-refractivity contribution in [3.05, 3.63) is 58.2 Å². The summed E-state index contributed by atoms with van der Waals surface area (Å²) in [6.07, 6.45) is 0.465. The minimum atomic E-state index is -0.383. The number of alkyl carbamates (subject to hydrolysis) is 1. The molecule has 3 rings (SSSR count). The van der Waals surface area contributed by atoms with Gasteiger partial charge >= 0.3 is 6.09 Å². The Kier molecular flexibility index (Phi) is 5.27. The first kappa shape index (κ1) is 17.7. The average Bonchev–Trinajstić information content (AvgIpc) is 2.95. The Bertz CT molecular complexity index is 733. The zero-order valence-corrected chi connectivity index (χ0v) is 16.0. The lowest BCUT2D eigenvalue weighted by Crippen LogP contribution is -2.48. The third-order valence-electron chi connectivity index (χ3n) is 4.34. The van der Waals surface area contributed by atoms with Gasteiger partial charge in [0, 0.05) is 13.1 Å². The highest BCUT2D eigenvalue weighted by atomic mass is 79.9. The molecule has 1 fully saturated rings. The molecule has 1 aliphatic heterocycles. The fourth-order valence-electron chi connectivity index (χ4n) is 3.03. The van der Waals surface area contributed by atoms with E-state index in [1.807, 2.05) is 50.2 Å². The Morgan fingerprint density at radius 1 is 1.36 bits per heavy atom.